The second-order valence-electron chi connectivity index (χ2n) is 4.16. The second-order valence-corrected chi connectivity index (χ2v) is 5.42. The van der Waals surface area contributed by atoms with Crippen molar-refractivity contribution in [2.45, 2.75) is 13.5 Å². The summed E-state index contributed by atoms with van der Waals surface area (Å²) in [4.78, 5) is 0. The maximum Gasteiger partial charge on any atom is 0.152 e. The molecule has 0 atom stereocenters. The summed E-state index contributed by atoms with van der Waals surface area (Å²) in [5, 5.41) is 9.27. The maximum atomic E-state index is 8.84. The zero-order chi connectivity index (χ0) is 13.8. The third-order valence-corrected chi connectivity index (χ3v) is 3.50. The summed E-state index contributed by atoms with van der Waals surface area (Å²) >= 11 is 9.46. The van der Waals surface area contributed by atoms with E-state index in [4.69, 9.17) is 21.6 Å². The average molecular weight is 337 g/mol. The fourth-order valence-corrected chi connectivity index (χ4v) is 2.56. The summed E-state index contributed by atoms with van der Waals surface area (Å²) in [6.45, 7) is 2.48. The van der Waals surface area contributed by atoms with Crippen molar-refractivity contribution in [1.29, 1.82) is 5.26 Å². The molecular weight excluding hydrogens is 326 g/mol. The normalized spacial score (nSPS) is 10.0. The van der Waals surface area contributed by atoms with Crippen LogP contribution in [0.15, 0.2) is 40.9 Å². The van der Waals surface area contributed by atoms with Crippen LogP contribution in [0, 0.1) is 18.3 Å². The van der Waals surface area contributed by atoms with Crippen LogP contribution in [0.2, 0.25) is 5.02 Å². The molecule has 0 aromatic heterocycles. The van der Waals surface area contributed by atoms with Crippen molar-refractivity contribution in [2.24, 2.45) is 0 Å². The Balaban J connectivity index is 2.16. The summed E-state index contributed by atoms with van der Waals surface area (Å²) in [6.07, 6.45) is 0. The molecule has 0 aliphatic carbocycles. The molecule has 0 radical (unpaired) electrons. The third-order valence-electron chi connectivity index (χ3n) is 2.63. The highest BCUT2D eigenvalue weighted by Crippen LogP contribution is 2.34. The molecule has 0 saturated carbocycles. The standard InChI is InChI=1S/C15H11BrClNO/c1-10-2-4-11(5-3-10)9-19-15-13(16)6-12(8-18)7-14(15)17/h2-7H,9H2,1H3. The van der Waals surface area contributed by atoms with Gasteiger partial charge >= 0.3 is 0 Å². The van der Waals surface area contributed by atoms with Gasteiger partial charge in [-0.25, -0.2) is 0 Å². The number of ether oxygens (including phenoxy) is 1. The van der Waals surface area contributed by atoms with Gasteiger partial charge in [-0.05, 0) is 40.5 Å². The van der Waals surface area contributed by atoms with E-state index in [1.54, 1.807) is 12.1 Å². The largest absolute Gasteiger partial charge is 0.486 e. The number of rotatable bonds is 3. The number of nitriles is 1. The molecule has 2 rings (SSSR count). The highest BCUT2D eigenvalue weighted by Gasteiger charge is 2.09. The molecule has 0 fully saturated rings. The third kappa shape index (κ3) is 3.50. The molecule has 2 aromatic rings. The van der Waals surface area contributed by atoms with Gasteiger partial charge in [0.1, 0.15) is 6.61 Å². The molecule has 0 spiro atoms. The van der Waals surface area contributed by atoms with Crippen molar-refractivity contribution < 1.29 is 4.74 Å². The number of halogens is 2. The first kappa shape index (κ1) is 13.9. The molecule has 19 heavy (non-hydrogen) atoms. The molecule has 2 aromatic carbocycles. The van der Waals surface area contributed by atoms with E-state index in [0.717, 1.165) is 5.56 Å². The number of hydrogen-bond acceptors (Lipinski definition) is 2. The number of aryl methyl sites for hydroxylation is 1. The maximum absolute atomic E-state index is 8.84. The summed E-state index contributed by atoms with van der Waals surface area (Å²) in [7, 11) is 0. The van der Waals surface area contributed by atoms with E-state index in [1.807, 2.05) is 37.3 Å². The van der Waals surface area contributed by atoms with Crippen molar-refractivity contribution in [1.82, 2.24) is 0 Å². The Bertz CT molecular complexity index is 609. The van der Waals surface area contributed by atoms with Crippen LogP contribution in [0.4, 0.5) is 0 Å². The number of benzene rings is 2. The Morgan fingerprint density at radius 3 is 2.53 bits per heavy atom. The quantitative estimate of drug-likeness (QED) is 0.801. The first-order valence-electron chi connectivity index (χ1n) is 5.67. The van der Waals surface area contributed by atoms with Gasteiger partial charge in [0.05, 0.1) is 21.1 Å². The van der Waals surface area contributed by atoms with Gasteiger partial charge in [0.15, 0.2) is 5.75 Å². The topological polar surface area (TPSA) is 33.0 Å². The Kier molecular flexibility index (Phi) is 4.47. The van der Waals surface area contributed by atoms with Gasteiger partial charge in [0, 0.05) is 0 Å². The molecule has 0 aliphatic heterocycles. The van der Waals surface area contributed by atoms with Crippen LogP contribution >= 0.6 is 27.5 Å². The lowest BCUT2D eigenvalue weighted by atomic mass is 10.2. The Morgan fingerprint density at radius 2 is 1.95 bits per heavy atom. The van der Waals surface area contributed by atoms with Gasteiger partial charge in [-0.2, -0.15) is 5.26 Å². The lowest BCUT2D eigenvalue weighted by molar-refractivity contribution is 0.304. The fourth-order valence-electron chi connectivity index (χ4n) is 1.60. The summed E-state index contributed by atoms with van der Waals surface area (Å²) < 4.78 is 6.39. The lowest BCUT2D eigenvalue weighted by Gasteiger charge is -2.10. The Hall–Kier alpha value is -1.50. The van der Waals surface area contributed by atoms with Crippen molar-refractivity contribution in [2.75, 3.05) is 0 Å². The van der Waals surface area contributed by atoms with Crippen LogP contribution in [0.5, 0.6) is 5.75 Å². The molecule has 0 unspecified atom stereocenters. The van der Waals surface area contributed by atoms with Crippen molar-refractivity contribution in [3.8, 4) is 11.8 Å². The smallest absolute Gasteiger partial charge is 0.152 e. The molecule has 96 valence electrons. The summed E-state index contributed by atoms with van der Waals surface area (Å²) in [5.41, 5.74) is 2.78. The van der Waals surface area contributed by atoms with E-state index < -0.39 is 0 Å². The van der Waals surface area contributed by atoms with E-state index in [2.05, 4.69) is 15.9 Å². The minimum absolute atomic E-state index is 0.429. The Labute approximate surface area is 125 Å². The van der Waals surface area contributed by atoms with Crippen molar-refractivity contribution >= 4 is 27.5 Å². The minimum atomic E-state index is 0.429. The number of hydrogen-bond donors (Lipinski definition) is 0. The second kappa shape index (κ2) is 6.10. The van der Waals surface area contributed by atoms with Crippen LogP contribution in [0.1, 0.15) is 16.7 Å². The van der Waals surface area contributed by atoms with Crippen LogP contribution in [0.3, 0.4) is 0 Å². The molecule has 0 N–H and O–H groups in total. The molecule has 0 heterocycles. The zero-order valence-electron chi connectivity index (χ0n) is 10.3. The zero-order valence-corrected chi connectivity index (χ0v) is 12.6. The molecule has 0 saturated heterocycles. The van der Waals surface area contributed by atoms with Gasteiger partial charge in [-0.3, -0.25) is 0 Å². The highest BCUT2D eigenvalue weighted by atomic mass is 79.9. The van der Waals surface area contributed by atoms with E-state index in [9.17, 15) is 0 Å². The van der Waals surface area contributed by atoms with E-state index in [0.29, 0.717) is 27.4 Å². The van der Waals surface area contributed by atoms with Gasteiger partial charge in [-0.1, -0.05) is 41.4 Å². The van der Waals surface area contributed by atoms with Crippen LogP contribution in [0.25, 0.3) is 0 Å². The van der Waals surface area contributed by atoms with Crippen LogP contribution in [-0.4, -0.2) is 0 Å². The fraction of sp³-hybridized carbons (Fsp3) is 0.133. The minimum Gasteiger partial charge on any atom is -0.486 e. The summed E-state index contributed by atoms with van der Waals surface area (Å²) in [6, 6.07) is 13.4. The van der Waals surface area contributed by atoms with Crippen LogP contribution < -0.4 is 4.74 Å². The number of nitrogens with zero attached hydrogens (tertiary/aromatic N) is 1. The average Bonchev–Trinajstić information content (AvgIpc) is 2.39. The molecule has 2 nitrogen and oxygen atoms in total. The predicted molar refractivity (Wildman–Crippen MR) is 79.4 cm³/mol. The lowest BCUT2D eigenvalue weighted by Crippen LogP contribution is -1.97. The van der Waals surface area contributed by atoms with Crippen molar-refractivity contribution in [3.63, 3.8) is 0 Å². The van der Waals surface area contributed by atoms with Gasteiger partial charge in [0.2, 0.25) is 0 Å². The van der Waals surface area contributed by atoms with E-state index >= 15 is 0 Å². The molecule has 0 aliphatic rings. The molecule has 0 bridgehead atoms. The van der Waals surface area contributed by atoms with Crippen LogP contribution in [-0.2, 0) is 6.61 Å². The molecule has 4 heteroatoms. The van der Waals surface area contributed by atoms with E-state index in [1.165, 1.54) is 5.56 Å². The van der Waals surface area contributed by atoms with Gasteiger partial charge < -0.3 is 4.74 Å². The molecular formula is C15H11BrClNO. The summed E-state index contributed by atoms with van der Waals surface area (Å²) in [5.74, 6) is 0.557. The molecule has 0 amide bonds. The van der Waals surface area contributed by atoms with Gasteiger partial charge in [0.25, 0.3) is 0 Å². The highest BCUT2D eigenvalue weighted by molar-refractivity contribution is 9.10. The first-order chi connectivity index (χ1) is 9.10. The Morgan fingerprint density at radius 1 is 1.26 bits per heavy atom. The monoisotopic (exact) mass is 335 g/mol. The first-order valence-corrected chi connectivity index (χ1v) is 6.84. The van der Waals surface area contributed by atoms with E-state index in [-0.39, 0.29) is 0 Å². The van der Waals surface area contributed by atoms with Gasteiger partial charge in [-0.15, -0.1) is 0 Å². The van der Waals surface area contributed by atoms with Crippen molar-refractivity contribution in [3.05, 3.63) is 62.6 Å². The SMILES string of the molecule is Cc1ccc(COc2c(Cl)cc(C#N)cc2Br)cc1. The predicted octanol–water partition coefficient (Wildman–Crippen LogP) is 4.86.